The lowest BCUT2D eigenvalue weighted by molar-refractivity contribution is -0.107. The molecule has 0 aliphatic heterocycles. The van der Waals surface area contributed by atoms with E-state index in [-0.39, 0.29) is 0 Å². The van der Waals surface area contributed by atoms with Gasteiger partial charge in [-0.15, -0.1) is 0 Å². The van der Waals surface area contributed by atoms with Gasteiger partial charge in [-0.1, -0.05) is 18.2 Å². The van der Waals surface area contributed by atoms with E-state index in [0.717, 1.165) is 11.3 Å². The van der Waals surface area contributed by atoms with Gasteiger partial charge in [0.15, 0.2) is 11.5 Å². The number of nitrogens with zero attached hydrogens (tertiary/aromatic N) is 1. The molecule has 128 valence electrons. The van der Waals surface area contributed by atoms with Crippen molar-refractivity contribution in [1.29, 1.82) is 0 Å². The highest BCUT2D eigenvalue weighted by Crippen LogP contribution is 2.31. The van der Waals surface area contributed by atoms with Crippen LogP contribution in [0.5, 0.6) is 11.5 Å². The van der Waals surface area contributed by atoms with Crippen LogP contribution < -0.4 is 14.4 Å². The van der Waals surface area contributed by atoms with Gasteiger partial charge in [0, 0.05) is 28.9 Å². The molecule has 6 heteroatoms. The first-order valence-electron chi connectivity index (χ1n) is 7.57. The molecule has 1 unspecified atom stereocenters. The van der Waals surface area contributed by atoms with Gasteiger partial charge in [0.25, 0.3) is 0 Å². The first-order valence-corrected chi connectivity index (χ1v) is 8.89. The molecule has 0 saturated carbocycles. The first-order chi connectivity index (χ1) is 11.7. The van der Waals surface area contributed by atoms with Gasteiger partial charge in [0.05, 0.1) is 25.0 Å². The molecule has 0 bridgehead atoms. The van der Waals surface area contributed by atoms with E-state index in [0.29, 0.717) is 35.9 Å². The van der Waals surface area contributed by atoms with Crippen LogP contribution in [0.4, 0.5) is 5.69 Å². The predicted molar refractivity (Wildman–Crippen MR) is 95.3 cm³/mol. The van der Waals surface area contributed by atoms with Crippen LogP contribution in [0.25, 0.3) is 0 Å². The van der Waals surface area contributed by atoms with Gasteiger partial charge in [-0.2, -0.15) is 0 Å². The Bertz CT molecular complexity index is 691. The lowest BCUT2D eigenvalue weighted by Gasteiger charge is -2.19. The molecule has 0 spiro atoms. The Labute approximate surface area is 144 Å². The molecule has 2 rings (SSSR count). The number of amides is 1. The highest BCUT2D eigenvalue weighted by atomic mass is 32.2. The van der Waals surface area contributed by atoms with Crippen molar-refractivity contribution in [3.63, 3.8) is 0 Å². The number of rotatable bonds is 9. The molecule has 5 nitrogen and oxygen atoms in total. The quantitative estimate of drug-likeness (QED) is 0.655. The number of anilines is 1. The van der Waals surface area contributed by atoms with E-state index in [1.807, 2.05) is 30.3 Å². The van der Waals surface area contributed by atoms with Crippen molar-refractivity contribution in [2.24, 2.45) is 0 Å². The van der Waals surface area contributed by atoms with Crippen molar-refractivity contribution in [3.8, 4) is 11.5 Å². The number of benzene rings is 2. The molecule has 0 aromatic heterocycles. The van der Waals surface area contributed by atoms with Gasteiger partial charge in [0.1, 0.15) is 0 Å². The van der Waals surface area contributed by atoms with E-state index < -0.39 is 10.8 Å². The van der Waals surface area contributed by atoms with Gasteiger partial charge >= 0.3 is 0 Å². The standard InChI is InChI=1S/C18H21NO4S/c1-22-17-10-9-15(13-18(17)23-2)19(14-20)11-6-12-24(21)16-7-4-3-5-8-16/h3-5,7-10,13-14H,6,11-12H2,1-2H3. The number of ether oxygens (including phenoxy) is 2. The summed E-state index contributed by atoms with van der Waals surface area (Å²) < 4.78 is 22.7. The van der Waals surface area contributed by atoms with Crippen LogP contribution in [-0.2, 0) is 15.6 Å². The molecule has 2 aromatic rings. The van der Waals surface area contributed by atoms with Gasteiger partial charge < -0.3 is 14.4 Å². The summed E-state index contributed by atoms with van der Waals surface area (Å²) in [5.41, 5.74) is 0.716. The minimum absolute atomic E-state index is 0.484. The maximum Gasteiger partial charge on any atom is 0.214 e. The normalized spacial score (nSPS) is 11.6. The molecule has 0 fully saturated rings. The maximum atomic E-state index is 12.2. The molecular formula is C18H21NO4S. The van der Waals surface area contributed by atoms with Crippen LogP contribution in [0.1, 0.15) is 6.42 Å². The summed E-state index contributed by atoms with van der Waals surface area (Å²) in [5.74, 6) is 1.67. The van der Waals surface area contributed by atoms with Gasteiger partial charge in [-0.3, -0.25) is 9.00 Å². The Balaban J connectivity index is 1.97. The monoisotopic (exact) mass is 347 g/mol. The molecule has 0 N–H and O–H groups in total. The molecule has 0 heterocycles. The highest BCUT2D eigenvalue weighted by Gasteiger charge is 2.11. The largest absolute Gasteiger partial charge is 0.493 e. The van der Waals surface area contributed by atoms with Crippen molar-refractivity contribution in [2.45, 2.75) is 11.3 Å². The van der Waals surface area contributed by atoms with Crippen molar-refractivity contribution in [2.75, 3.05) is 31.4 Å². The van der Waals surface area contributed by atoms with Crippen LogP contribution in [-0.4, -0.2) is 37.1 Å². The Morgan fingerprint density at radius 2 is 1.75 bits per heavy atom. The number of carbonyl (C=O) groups is 1. The Kier molecular flexibility index (Phi) is 6.81. The fraction of sp³-hybridized carbons (Fsp3) is 0.278. The summed E-state index contributed by atoms with van der Waals surface area (Å²) in [4.78, 5) is 13.8. The zero-order chi connectivity index (χ0) is 17.4. The molecule has 0 aliphatic carbocycles. The fourth-order valence-electron chi connectivity index (χ4n) is 2.30. The van der Waals surface area contributed by atoms with Crippen molar-refractivity contribution < 1.29 is 18.5 Å². The van der Waals surface area contributed by atoms with Gasteiger partial charge in [-0.05, 0) is 30.7 Å². The van der Waals surface area contributed by atoms with E-state index in [1.165, 1.54) is 0 Å². The van der Waals surface area contributed by atoms with Gasteiger partial charge in [-0.25, -0.2) is 0 Å². The zero-order valence-electron chi connectivity index (χ0n) is 13.8. The highest BCUT2D eigenvalue weighted by molar-refractivity contribution is 7.85. The molecular weight excluding hydrogens is 326 g/mol. The molecule has 0 saturated heterocycles. The molecule has 0 radical (unpaired) electrons. The minimum atomic E-state index is -1.06. The molecule has 2 aromatic carbocycles. The first kappa shape index (κ1) is 18.0. The zero-order valence-corrected chi connectivity index (χ0v) is 14.6. The average Bonchev–Trinajstić information content (AvgIpc) is 2.65. The average molecular weight is 347 g/mol. The summed E-state index contributed by atoms with van der Waals surface area (Å²) in [5, 5.41) is 0. The summed E-state index contributed by atoms with van der Waals surface area (Å²) in [6.45, 7) is 0.484. The number of methoxy groups -OCH3 is 2. The van der Waals surface area contributed by atoms with Crippen LogP contribution >= 0.6 is 0 Å². The lowest BCUT2D eigenvalue weighted by Crippen LogP contribution is -2.23. The Hall–Kier alpha value is -2.34. The van der Waals surface area contributed by atoms with E-state index in [1.54, 1.807) is 37.3 Å². The number of hydrogen-bond acceptors (Lipinski definition) is 4. The third-order valence-electron chi connectivity index (χ3n) is 3.56. The van der Waals surface area contributed by atoms with E-state index in [4.69, 9.17) is 9.47 Å². The maximum absolute atomic E-state index is 12.2. The Morgan fingerprint density at radius 1 is 1.04 bits per heavy atom. The summed E-state index contributed by atoms with van der Waals surface area (Å²) in [7, 11) is 2.06. The summed E-state index contributed by atoms with van der Waals surface area (Å²) in [6, 6.07) is 14.6. The van der Waals surface area contributed by atoms with Crippen molar-refractivity contribution >= 4 is 22.9 Å². The molecule has 24 heavy (non-hydrogen) atoms. The minimum Gasteiger partial charge on any atom is -0.493 e. The predicted octanol–water partition coefficient (Wildman–Crippen LogP) is 2.86. The third-order valence-corrected chi connectivity index (χ3v) is 5.02. The third kappa shape index (κ3) is 4.58. The smallest absolute Gasteiger partial charge is 0.214 e. The fourth-order valence-corrected chi connectivity index (χ4v) is 3.39. The second-order valence-corrected chi connectivity index (χ2v) is 6.63. The number of hydrogen-bond donors (Lipinski definition) is 0. The molecule has 0 aliphatic rings. The molecule has 1 atom stereocenters. The SMILES string of the molecule is COc1ccc(N(C=O)CCCS(=O)c2ccccc2)cc1OC. The molecule has 1 amide bonds. The Morgan fingerprint density at radius 3 is 2.38 bits per heavy atom. The second kappa shape index (κ2) is 9.08. The topological polar surface area (TPSA) is 55.8 Å². The van der Waals surface area contributed by atoms with Gasteiger partial charge in [0.2, 0.25) is 6.41 Å². The van der Waals surface area contributed by atoms with E-state index >= 15 is 0 Å². The van der Waals surface area contributed by atoms with Crippen LogP contribution in [0, 0.1) is 0 Å². The van der Waals surface area contributed by atoms with Crippen LogP contribution in [0.3, 0.4) is 0 Å². The van der Waals surface area contributed by atoms with Crippen molar-refractivity contribution in [1.82, 2.24) is 0 Å². The van der Waals surface area contributed by atoms with Crippen LogP contribution in [0.15, 0.2) is 53.4 Å². The number of carbonyl (C=O) groups excluding carboxylic acids is 1. The lowest BCUT2D eigenvalue weighted by atomic mass is 10.2. The second-order valence-electron chi connectivity index (χ2n) is 5.05. The van der Waals surface area contributed by atoms with Crippen molar-refractivity contribution in [3.05, 3.63) is 48.5 Å². The summed E-state index contributed by atoms with van der Waals surface area (Å²) in [6.07, 6.45) is 1.40. The van der Waals surface area contributed by atoms with E-state index in [2.05, 4.69) is 0 Å². The summed E-state index contributed by atoms with van der Waals surface area (Å²) >= 11 is 0. The van der Waals surface area contributed by atoms with E-state index in [9.17, 15) is 9.00 Å². The van der Waals surface area contributed by atoms with Crippen LogP contribution in [0.2, 0.25) is 0 Å².